The average Bonchev–Trinajstić information content (AvgIpc) is 2.45. The van der Waals surface area contributed by atoms with Crippen LogP contribution in [0.5, 0.6) is 11.5 Å². The number of nitrogens with zero attached hydrogens (tertiary/aromatic N) is 1. The number of hydrogen-bond donors (Lipinski definition) is 1. The number of likely N-dealkylation sites (N-methyl/N-ethyl adjacent to an activating group) is 1. The Balaban J connectivity index is 2.67. The Hall–Kier alpha value is -2.01. The summed E-state index contributed by atoms with van der Waals surface area (Å²) in [7, 11) is 3.14. The van der Waals surface area contributed by atoms with Crippen molar-refractivity contribution in [1.82, 2.24) is 4.90 Å². The molecule has 1 amide bonds. The van der Waals surface area contributed by atoms with Gasteiger partial charge in [-0.1, -0.05) is 19.1 Å². The molecule has 0 atom stereocenters. The van der Waals surface area contributed by atoms with E-state index >= 15 is 0 Å². The molecule has 5 heteroatoms. The van der Waals surface area contributed by atoms with Gasteiger partial charge in [0.2, 0.25) is 5.91 Å². The van der Waals surface area contributed by atoms with Crippen molar-refractivity contribution in [3.8, 4) is 11.5 Å². The van der Waals surface area contributed by atoms with Crippen LogP contribution in [0.25, 0.3) is 0 Å². The van der Waals surface area contributed by atoms with E-state index < -0.39 is 0 Å². The molecule has 5 nitrogen and oxygen atoms in total. The lowest BCUT2D eigenvalue weighted by Gasteiger charge is -2.20. The molecule has 0 spiro atoms. The minimum atomic E-state index is -0.0645. The molecule has 0 heterocycles. The number of amides is 1. The first-order chi connectivity index (χ1) is 9.99. The lowest BCUT2D eigenvalue weighted by molar-refractivity contribution is -0.117. The van der Waals surface area contributed by atoms with Crippen molar-refractivity contribution in [2.75, 3.05) is 39.2 Å². The van der Waals surface area contributed by atoms with E-state index in [1.165, 1.54) is 0 Å². The van der Waals surface area contributed by atoms with Crippen LogP contribution in [0, 0.1) is 0 Å². The van der Waals surface area contributed by atoms with Crippen molar-refractivity contribution < 1.29 is 14.3 Å². The van der Waals surface area contributed by atoms with Crippen molar-refractivity contribution in [3.63, 3.8) is 0 Å². The predicted molar refractivity (Wildman–Crippen MR) is 85.1 cm³/mol. The molecular weight excluding hydrogens is 268 g/mol. The number of methoxy groups -OCH3 is 2. The van der Waals surface area contributed by atoms with Gasteiger partial charge in [0, 0.05) is 18.3 Å². The summed E-state index contributed by atoms with van der Waals surface area (Å²) in [5, 5.41) is 2.86. The first kappa shape index (κ1) is 17.0. The summed E-state index contributed by atoms with van der Waals surface area (Å²) >= 11 is 0. The van der Waals surface area contributed by atoms with Crippen molar-refractivity contribution in [2.24, 2.45) is 0 Å². The van der Waals surface area contributed by atoms with E-state index in [2.05, 4.69) is 11.9 Å². The Morgan fingerprint density at radius 1 is 1.24 bits per heavy atom. The molecule has 21 heavy (non-hydrogen) atoms. The molecular formula is C16H24N2O3. The van der Waals surface area contributed by atoms with Crippen LogP contribution in [-0.2, 0) is 4.79 Å². The quantitative estimate of drug-likeness (QED) is 0.748. The van der Waals surface area contributed by atoms with Gasteiger partial charge in [-0.15, -0.1) is 0 Å². The minimum Gasteiger partial charge on any atom is -0.493 e. The van der Waals surface area contributed by atoms with Crippen LogP contribution in [0.1, 0.15) is 13.8 Å². The maximum atomic E-state index is 12.1. The molecule has 116 valence electrons. The highest BCUT2D eigenvalue weighted by Crippen LogP contribution is 2.29. The lowest BCUT2D eigenvalue weighted by Crippen LogP contribution is -2.34. The van der Waals surface area contributed by atoms with Gasteiger partial charge in [-0.25, -0.2) is 0 Å². The van der Waals surface area contributed by atoms with Crippen LogP contribution in [-0.4, -0.2) is 44.7 Å². The molecule has 0 aliphatic rings. The van der Waals surface area contributed by atoms with Crippen molar-refractivity contribution in [3.05, 3.63) is 30.4 Å². The maximum Gasteiger partial charge on any atom is 0.238 e. The van der Waals surface area contributed by atoms with Crippen molar-refractivity contribution in [2.45, 2.75) is 13.8 Å². The Morgan fingerprint density at radius 2 is 1.90 bits per heavy atom. The Bertz CT molecular complexity index is 500. The SMILES string of the molecule is C=C(C)CN(CC)CC(=O)Nc1ccc(OC)c(OC)c1. The fourth-order valence-electron chi connectivity index (χ4n) is 1.98. The number of anilines is 1. The average molecular weight is 292 g/mol. The van der Waals surface area contributed by atoms with Gasteiger partial charge in [0.25, 0.3) is 0 Å². The lowest BCUT2D eigenvalue weighted by atomic mass is 10.2. The monoisotopic (exact) mass is 292 g/mol. The van der Waals surface area contributed by atoms with Crippen LogP contribution in [0.4, 0.5) is 5.69 Å². The molecule has 0 saturated heterocycles. The normalized spacial score (nSPS) is 10.3. The van der Waals surface area contributed by atoms with Crippen LogP contribution < -0.4 is 14.8 Å². The van der Waals surface area contributed by atoms with E-state index in [1.807, 2.05) is 18.7 Å². The van der Waals surface area contributed by atoms with Gasteiger partial charge in [-0.3, -0.25) is 9.69 Å². The smallest absolute Gasteiger partial charge is 0.238 e. The summed E-state index contributed by atoms with van der Waals surface area (Å²) in [5.41, 5.74) is 1.72. The van der Waals surface area contributed by atoms with Crippen LogP contribution in [0.3, 0.4) is 0 Å². The van der Waals surface area contributed by atoms with Crippen LogP contribution in [0.15, 0.2) is 30.4 Å². The first-order valence-corrected chi connectivity index (χ1v) is 6.88. The zero-order valence-electron chi connectivity index (χ0n) is 13.2. The molecule has 0 aliphatic heterocycles. The van der Waals surface area contributed by atoms with Gasteiger partial charge in [0.05, 0.1) is 20.8 Å². The number of benzene rings is 1. The van der Waals surface area contributed by atoms with Gasteiger partial charge in [0.15, 0.2) is 11.5 Å². The van der Waals surface area contributed by atoms with E-state index in [0.717, 1.165) is 18.7 Å². The third kappa shape index (κ3) is 5.47. The number of rotatable bonds is 8. The Morgan fingerprint density at radius 3 is 2.43 bits per heavy atom. The van der Waals surface area contributed by atoms with Gasteiger partial charge in [-0.2, -0.15) is 0 Å². The molecule has 0 aromatic heterocycles. The molecule has 1 N–H and O–H groups in total. The van der Waals surface area contributed by atoms with Gasteiger partial charge < -0.3 is 14.8 Å². The molecule has 0 fully saturated rings. The number of carbonyl (C=O) groups excluding carboxylic acids is 1. The molecule has 1 rings (SSSR count). The Kier molecular flexibility index (Phi) is 6.75. The van der Waals surface area contributed by atoms with E-state index in [1.54, 1.807) is 32.4 Å². The predicted octanol–water partition coefficient (Wildman–Crippen LogP) is 2.54. The number of carbonyl (C=O) groups is 1. The Labute approximate surface area is 126 Å². The topological polar surface area (TPSA) is 50.8 Å². The van der Waals surface area contributed by atoms with E-state index in [9.17, 15) is 4.79 Å². The largest absolute Gasteiger partial charge is 0.493 e. The second-order valence-corrected chi connectivity index (χ2v) is 4.88. The van der Waals surface area contributed by atoms with Crippen molar-refractivity contribution >= 4 is 11.6 Å². The third-order valence-corrected chi connectivity index (χ3v) is 2.98. The molecule has 1 aromatic rings. The molecule has 0 radical (unpaired) electrons. The highest BCUT2D eigenvalue weighted by atomic mass is 16.5. The minimum absolute atomic E-state index is 0.0645. The van der Waals surface area contributed by atoms with Crippen molar-refractivity contribution in [1.29, 1.82) is 0 Å². The zero-order valence-corrected chi connectivity index (χ0v) is 13.2. The maximum absolute atomic E-state index is 12.1. The van der Waals surface area contributed by atoms with E-state index in [0.29, 0.717) is 23.7 Å². The molecule has 0 unspecified atom stereocenters. The van der Waals surface area contributed by atoms with Crippen LogP contribution >= 0.6 is 0 Å². The number of nitrogens with one attached hydrogen (secondary N) is 1. The zero-order chi connectivity index (χ0) is 15.8. The summed E-state index contributed by atoms with van der Waals surface area (Å²) in [5.74, 6) is 1.16. The highest BCUT2D eigenvalue weighted by molar-refractivity contribution is 5.92. The molecule has 0 aliphatic carbocycles. The fraction of sp³-hybridized carbons (Fsp3) is 0.438. The summed E-state index contributed by atoms with van der Waals surface area (Å²) in [6.45, 7) is 9.69. The molecule has 0 saturated carbocycles. The first-order valence-electron chi connectivity index (χ1n) is 6.88. The summed E-state index contributed by atoms with van der Waals surface area (Å²) in [4.78, 5) is 14.1. The standard InChI is InChI=1S/C16H24N2O3/c1-6-18(10-12(2)3)11-16(19)17-13-7-8-14(20-4)15(9-13)21-5/h7-9H,2,6,10-11H2,1,3-5H3,(H,17,19). The van der Waals surface area contributed by atoms with E-state index in [-0.39, 0.29) is 5.91 Å². The molecule has 1 aromatic carbocycles. The number of ether oxygens (including phenoxy) is 2. The van der Waals surface area contributed by atoms with Gasteiger partial charge in [0.1, 0.15) is 0 Å². The number of hydrogen-bond acceptors (Lipinski definition) is 4. The molecule has 0 bridgehead atoms. The van der Waals surface area contributed by atoms with E-state index in [4.69, 9.17) is 9.47 Å². The fourth-order valence-corrected chi connectivity index (χ4v) is 1.98. The third-order valence-electron chi connectivity index (χ3n) is 2.98. The second kappa shape index (κ2) is 8.32. The summed E-state index contributed by atoms with van der Waals surface area (Å²) in [6.07, 6.45) is 0. The van der Waals surface area contributed by atoms with Crippen LogP contribution in [0.2, 0.25) is 0 Å². The highest BCUT2D eigenvalue weighted by Gasteiger charge is 2.11. The summed E-state index contributed by atoms with van der Waals surface area (Å²) < 4.78 is 10.4. The van der Waals surface area contributed by atoms with Gasteiger partial charge in [-0.05, 0) is 25.6 Å². The second-order valence-electron chi connectivity index (χ2n) is 4.88. The summed E-state index contributed by atoms with van der Waals surface area (Å²) in [6, 6.07) is 5.29. The van der Waals surface area contributed by atoms with Gasteiger partial charge >= 0.3 is 0 Å².